The molecule has 4 aromatic rings. The number of nitrogens with one attached hydrogen (secondary N) is 2. The summed E-state index contributed by atoms with van der Waals surface area (Å²) < 4.78 is 33.5. The minimum Gasteiger partial charge on any atom is -0.475 e. The van der Waals surface area contributed by atoms with Crippen LogP contribution in [0.4, 0.5) is 30.5 Å². The Morgan fingerprint density at radius 2 is 1.54 bits per heavy atom. The molecule has 11 heteroatoms. The Hall–Kier alpha value is -4.67. The fourth-order valence-corrected chi connectivity index (χ4v) is 3.16. The molecular formula is C26H24F3N5O3. The number of para-hydroxylation sites is 1. The minimum absolute atomic E-state index is 0.156. The molecule has 1 amide bonds. The van der Waals surface area contributed by atoms with Crippen molar-refractivity contribution in [3.63, 3.8) is 0 Å². The smallest absolute Gasteiger partial charge is 0.475 e. The normalized spacial score (nSPS) is 10.7. The number of rotatable bonds is 6. The number of hydrogen-bond donors (Lipinski definition) is 3. The summed E-state index contributed by atoms with van der Waals surface area (Å²) in [7, 11) is 1.85. The molecule has 0 spiro atoms. The molecule has 0 aliphatic rings. The van der Waals surface area contributed by atoms with Gasteiger partial charge in [-0.3, -0.25) is 4.79 Å². The third-order valence-corrected chi connectivity index (χ3v) is 5.12. The predicted octanol–water partition coefficient (Wildman–Crippen LogP) is 5.67. The van der Waals surface area contributed by atoms with E-state index in [0.29, 0.717) is 11.6 Å². The average Bonchev–Trinajstić information content (AvgIpc) is 3.27. The zero-order valence-corrected chi connectivity index (χ0v) is 20.0. The molecule has 8 nitrogen and oxygen atoms in total. The van der Waals surface area contributed by atoms with Crippen LogP contribution < -0.4 is 10.6 Å². The highest BCUT2D eigenvalue weighted by Gasteiger charge is 2.38. The quantitative estimate of drug-likeness (QED) is 0.308. The summed E-state index contributed by atoms with van der Waals surface area (Å²) in [6.07, 6.45) is 1.28. The SMILES string of the molecule is CCc1ccc(NC(=O)c2cc(-c3cnc(Nc4ccccc4)nc3)cn2C)cc1.O=C(O)C(F)(F)F. The number of amides is 1. The molecule has 0 unspecified atom stereocenters. The summed E-state index contributed by atoms with van der Waals surface area (Å²) in [5, 5.41) is 13.2. The number of benzene rings is 2. The second-order valence-corrected chi connectivity index (χ2v) is 7.82. The van der Waals surface area contributed by atoms with Crippen LogP contribution in [0.15, 0.2) is 79.3 Å². The Morgan fingerprint density at radius 1 is 0.946 bits per heavy atom. The van der Waals surface area contributed by atoms with Crippen molar-refractivity contribution in [1.29, 1.82) is 0 Å². The number of aryl methyl sites for hydroxylation is 2. The van der Waals surface area contributed by atoms with Gasteiger partial charge in [-0.2, -0.15) is 13.2 Å². The molecule has 0 atom stereocenters. The standard InChI is InChI=1S/C24H23N5O.C2HF3O2/c1-3-17-9-11-21(12-10-17)27-23(30)22-13-18(16-29(22)2)19-14-25-24(26-15-19)28-20-7-5-4-6-8-20;3-2(4,5)1(6)7/h4-16H,3H2,1-2H3,(H,27,30)(H,25,26,28);(H,6,7). The highest BCUT2D eigenvalue weighted by atomic mass is 19.4. The van der Waals surface area contributed by atoms with E-state index in [4.69, 9.17) is 9.90 Å². The number of nitrogens with zero attached hydrogens (tertiary/aromatic N) is 3. The largest absolute Gasteiger partial charge is 0.490 e. The van der Waals surface area contributed by atoms with Crippen LogP contribution in [0.2, 0.25) is 0 Å². The molecule has 4 rings (SSSR count). The average molecular weight is 512 g/mol. The lowest BCUT2D eigenvalue weighted by atomic mass is 10.1. The fourth-order valence-electron chi connectivity index (χ4n) is 3.16. The van der Waals surface area contributed by atoms with Crippen molar-refractivity contribution in [2.24, 2.45) is 7.05 Å². The van der Waals surface area contributed by atoms with Gasteiger partial charge in [-0.1, -0.05) is 37.3 Å². The molecule has 2 aromatic carbocycles. The lowest BCUT2D eigenvalue weighted by molar-refractivity contribution is -0.192. The summed E-state index contributed by atoms with van der Waals surface area (Å²) >= 11 is 0. The predicted molar refractivity (Wildman–Crippen MR) is 134 cm³/mol. The van der Waals surface area contributed by atoms with E-state index in [2.05, 4.69) is 27.5 Å². The number of aromatic nitrogens is 3. The van der Waals surface area contributed by atoms with Gasteiger partial charge >= 0.3 is 12.1 Å². The number of carboxylic acid groups (broad SMARTS) is 1. The zero-order chi connectivity index (χ0) is 27.0. The molecule has 2 heterocycles. The van der Waals surface area contributed by atoms with Gasteiger partial charge < -0.3 is 20.3 Å². The van der Waals surface area contributed by atoms with Crippen LogP contribution in [0.3, 0.4) is 0 Å². The topological polar surface area (TPSA) is 109 Å². The molecule has 0 saturated carbocycles. The molecule has 192 valence electrons. The highest BCUT2D eigenvalue weighted by molar-refractivity contribution is 6.04. The van der Waals surface area contributed by atoms with Gasteiger partial charge in [0.2, 0.25) is 5.95 Å². The number of hydrogen-bond acceptors (Lipinski definition) is 5. The Labute approximate surface area is 210 Å². The van der Waals surface area contributed by atoms with Crippen LogP contribution in [-0.2, 0) is 18.3 Å². The summed E-state index contributed by atoms with van der Waals surface area (Å²) in [6.45, 7) is 2.10. The van der Waals surface area contributed by atoms with Crippen LogP contribution in [0, 0.1) is 0 Å². The van der Waals surface area contributed by atoms with Crippen molar-refractivity contribution >= 4 is 29.2 Å². The molecule has 2 aromatic heterocycles. The maximum absolute atomic E-state index is 12.7. The first-order chi connectivity index (χ1) is 17.6. The van der Waals surface area contributed by atoms with Gasteiger partial charge in [0, 0.05) is 48.1 Å². The first-order valence-corrected chi connectivity index (χ1v) is 11.1. The number of carboxylic acids is 1. The van der Waals surface area contributed by atoms with Crippen molar-refractivity contribution in [2.45, 2.75) is 19.5 Å². The first kappa shape index (κ1) is 26.9. The maximum Gasteiger partial charge on any atom is 0.490 e. The highest BCUT2D eigenvalue weighted by Crippen LogP contribution is 2.23. The first-order valence-electron chi connectivity index (χ1n) is 11.1. The fraction of sp³-hybridized carbons (Fsp3) is 0.154. The van der Waals surface area contributed by atoms with Gasteiger partial charge in [-0.15, -0.1) is 0 Å². The van der Waals surface area contributed by atoms with Crippen LogP contribution in [0.5, 0.6) is 0 Å². The summed E-state index contributed by atoms with van der Waals surface area (Å²) in [5.41, 5.74) is 5.23. The number of carbonyl (C=O) groups is 2. The third-order valence-electron chi connectivity index (χ3n) is 5.12. The van der Waals surface area contributed by atoms with E-state index in [-0.39, 0.29) is 5.91 Å². The molecule has 0 aliphatic carbocycles. The monoisotopic (exact) mass is 511 g/mol. The Balaban J connectivity index is 0.000000479. The van der Waals surface area contributed by atoms with E-state index < -0.39 is 12.1 Å². The van der Waals surface area contributed by atoms with E-state index in [1.54, 1.807) is 17.0 Å². The number of halogens is 3. The molecule has 0 radical (unpaired) electrons. The molecule has 37 heavy (non-hydrogen) atoms. The second-order valence-electron chi connectivity index (χ2n) is 7.82. The summed E-state index contributed by atoms with van der Waals surface area (Å²) in [4.78, 5) is 30.4. The van der Waals surface area contributed by atoms with E-state index in [1.807, 2.05) is 73.9 Å². The second kappa shape index (κ2) is 11.8. The molecule has 0 aliphatic heterocycles. The van der Waals surface area contributed by atoms with E-state index >= 15 is 0 Å². The van der Waals surface area contributed by atoms with Crippen LogP contribution in [-0.4, -0.2) is 37.7 Å². The Morgan fingerprint density at radius 3 is 2.08 bits per heavy atom. The van der Waals surface area contributed by atoms with Crippen molar-refractivity contribution in [3.8, 4) is 11.1 Å². The molecule has 0 bridgehead atoms. The van der Waals surface area contributed by atoms with Crippen molar-refractivity contribution < 1.29 is 27.9 Å². The van der Waals surface area contributed by atoms with E-state index in [9.17, 15) is 18.0 Å². The minimum atomic E-state index is -5.08. The zero-order valence-electron chi connectivity index (χ0n) is 20.0. The van der Waals surface area contributed by atoms with Gasteiger partial charge in [0.05, 0.1) is 0 Å². The van der Waals surface area contributed by atoms with Crippen LogP contribution in [0.25, 0.3) is 11.1 Å². The van der Waals surface area contributed by atoms with Crippen molar-refractivity contribution in [3.05, 3.63) is 90.5 Å². The van der Waals surface area contributed by atoms with E-state index in [1.165, 1.54) is 5.56 Å². The van der Waals surface area contributed by atoms with Crippen molar-refractivity contribution in [2.75, 3.05) is 10.6 Å². The van der Waals surface area contributed by atoms with Crippen LogP contribution in [0.1, 0.15) is 23.0 Å². The van der Waals surface area contributed by atoms with Crippen LogP contribution >= 0.6 is 0 Å². The molecule has 0 saturated heterocycles. The number of aliphatic carboxylic acids is 1. The lowest BCUT2D eigenvalue weighted by Gasteiger charge is -2.06. The summed E-state index contributed by atoms with van der Waals surface area (Å²) in [5.74, 6) is -2.39. The third kappa shape index (κ3) is 7.66. The molecular weight excluding hydrogens is 487 g/mol. The van der Waals surface area contributed by atoms with Gasteiger partial charge in [0.25, 0.3) is 5.91 Å². The summed E-state index contributed by atoms with van der Waals surface area (Å²) in [6, 6.07) is 19.5. The Kier molecular flexibility index (Phi) is 8.62. The van der Waals surface area contributed by atoms with Gasteiger partial charge in [-0.25, -0.2) is 14.8 Å². The van der Waals surface area contributed by atoms with E-state index in [0.717, 1.165) is 28.9 Å². The molecule has 0 fully saturated rings. The Bertz CT molecular complexity index is 1340. The van der Waals surface area contributed by atoms with Crippen molar-refractivity contribution in [1.82, 2.24) is 14.5 Å². The van der Waals surface area contributed by atoms with Gasteiger partial charge in [0.15, 0.2) is 0 Å². The number of anilines is 3. The lowest BCUT2D eigenvalue weighted by Crippen LogP contribution is -2.21. The number of alkyl halides is 3. The van der Waals surface area contributed by atoms with Gasteiger partial charge in [0.1, 0.15) is 5.69 Å². The molecule has 3 N–H and O–H groups in total. The van der Waals surface area contributed by atoms with Gasteiger partial charge in [-0.05, 0) is 42.3 Å². The number of carbonyl (C=O) groups excluding carboxylic acids is 1. The maximum atomic E-state index is 12.7.